The maximum Gasteiger partial charge on any atom is 0.411 e. The molecule has 0 radical (unpaired) electrons. The van der Waals surface area contributed by atoms with Crippen molar-refractivity contribution in [3.63, 3.8) is 0 Å². The highest BCUT2D eigenvalue weighted by atomic mass is 35.5. The molecule has 0 saturated heterocycles. The van der Waals surface area contributed by atoms with Crippen molar-refractivity contribution in [1.29, 1.82) is 0 Å². The van der Waals surface area contributed by atoms with Gasteiger partial charge in [-0.2, -0.15) is 0 Å². The van der Waals surface area contributed by atoms with Gasteiger partial charge in [0.25, 0.3) is 10.0 Å². The van der Waals surface area contributed by atoms with E-state index in [1.165, 1.54) is 36.4 Å². The first-order valence-electron chi connectivity index (χ1n) is 10.4. The van der Waals surface area contributed by atoms with Gasteiger partial charge in [-0.3, -0.25) is 14.8 Å². The van der Waals surface area contributed by atoms with Gasteiger partial charge < -0.3 is 9.47 Å². The van der Waals surface area contributed by atoms with Crippen LogP contribution in [0.4, 0.5) is 16.2 Å². The van der Waals surface area contributed by atoms with E-state index in [0.29, 0.717) is 12.2 Å². The number of carbonyl (C=O) groups excluding carboxylic acids is 2. The summed E-state index contributed by atoms with van der Waals surface area (Å²) in [4.78, 5) is 24.8. The first-order chi connectivity index (χ1) is 16.2. The van der Waals surface area contributed by atoms with Crippen molar-refractivity contribution in [2.24, 2.45) is 0 Å². The van der Waals surface area contributed by atoms with Crippen molar-refractivity contribution in [1.82, 2.24) is 0 Å². The van der Waals surface area contributed by atoms with Crippen LogP contribution in [0, 0.1) is 0 Å². The highest BCUT2D eigenvalue weighted by Gasteiger charge is 2.22. The number of anilines is 2. The number of rotatable bonds is 9. The standard InChI is InChI=1S/C24H23ClN2O6S/c1-3-32-22-13-11-18(15-21(22)26-24(29)33-4-2)34(30,31)27-20-12-10-17(25)14-19(20)23(28)16-8-6-5-7-9-16/h5-15,27H,3-4H2,1-2H3,(H,26,29). The Balaban J connectivity index is 1.98. The van der Waals surface area contributed by atoms with Gasteiger partial charge in [0.1, 0.15) is 5.75 Å². The van der Waals surface area contributed by atoms with Crippen LogP contribution >= 0.6 is 11.6 Å². The van der Waals surface area contributed by atoms with Gasteiger partial charge in [-0.05, 0) is 50.2 Å². The molecule has 8 nitrogen and oxygen atoms in total. The Bertz CT molecular complexity index is 1300. The average Bonchev–Trinajstić information content (AvgIpc) is 2.81. The van der Waals surface area contributed by atoms with Crippen molar-refractivity contribution in [2.45, 2.75) is 18.7 Å². The summed E-state index contributed by atoms with van der Waals surface area (Å²) in [5.74, 6) is -0.113. The van der Waals surface area contributed by atoms with Crippen molar-refractivity contribution in [2.75, 3.05) is 23.3 Å². The van der Waals surface area contributed by atoms with Crippen LogP contribution in [0.25, 0.3) is 0 Å². The van der Waals surface area contributed by atoms with Crippen LogP contribution in [0.2, 0.25) is 5.02 Å². The van der Waals surface area contributed by atoms with Crippen LogP contribution in [0.1, 0.15) is 29.8 Å². The number of hydrogen-bond acceptors (Lipinski definition) is 6. The molecule has 0 saturated carbocycles. The molecule has 0 atom stereocenters. The molecule has 3 aromatic rings. The summed E-state index contributed by atoms with van der Waals surface area (Å²) in [7, 11) is -4.16. The fourth-order valence-electron chi connectivity index (χ4n) is 3.07. The largest absolute Gasteiger partial charge is 0.492 e. The zero-order chi connectivity index (χ0) is 24.7. The lowest BCUT2D eigenvalue weighted by Gasteiger charge is -2.15. The number of ether oxygens (including phenoxy) is 2. The van der Waals surface area contributed by atoms with Crippen LogP contribution in [0.5, 0.6) is 5.75 Å². The summed E-state index contributed by atoms with van der Waals surface area (Å²) >= 11 is 6.08. The molecule has 1 amide bonds. The molecule has 0 fully saturated rings. The van der Waals surface area contributed by atoms with Gasteiger partial charge in [0.05, 0.1) is 29.5 Å². The van der Waals surface area contributed by atoms with Crippen LogP contribution in [-0.4, -0.2) is 33.5 Å². The number of halogens is 1. The Morgan fingerprint density at radius 3 is 2.32 bits per heavy atom. The summed E-state index contributed by atoms with van der Waals surface area (Å²) in [6, 6.07) is 16.7. The second-order valence-corrected chi connectivity index (χ2v) is 9.05. The van der Waals surface area contributed by atoms with Crippen molar-refractivity contribution >= 4 is 44.9 Å². The van der Waals surface area contributed by atoms with E-state index in [1.54, 1.807) is 44.2 Å². The SMILES string of the molecule is CCOC(=O)Nc1cc(S(=O)(=O)Nc2ccc(Cl)cc2C(=O)c2ccccc2)ccc1OCC. The van der Waals surface area contributed by atoms with Crippen LogP contribution in [0.3, 0.4) is 0 Å². The van der Waals surface area contributed by atoms with Gasteiger partial charge in [0, 0.05) is 16.1 Å². The molecule has 0 aliphatic carbocycles. The third kappa shape index (κ3) is 6.06. The molecular weight excluding hydrogens is 480 g/mol. The highest BCUT2D eigenvalue weighted by Crippen LogP contribution is 2.31. The maximum atomic E-state index is 13.2. The third-order valence-corrected chi connectivity index (χ3v) is 6.18. The Morgan fingerprint density at radius 1 is 0.912 bits per heavy atom. The van der Waals surface area contributed by atoms with Crippen LogP contribution in [0.15, 0.2) is 71.6 Å². The van der Waals surface area contributed by atoms with Crippen molar-refractivity contribution < 1.29 is 27.5 Å². The highest BCUT2D eigenvalue weighted by molar-refractivity contribution is 7.92. The van der Waals surface area contributed by atoms with Gasteiger partial charge in [0.15, 0.2) is 5.78 Å². The molecule has 34 heavy (non-hydrogen) atoms. The molecule has 10 heteroatoms. The smallest absolute Gasteiger partial charge is 0.411 e. The molecule has 3 aromatic carbocycles. The number of benzene rings is 3. The van der Waals surface area contributed by atoms with Gasteiger partial charge >= 0.3 is 6.09 Å². The molecule has 0 unspecified atom stereocenters. The van der Waals surface area contributed by atoms with Gasteiger partial charge in [-0.25, -0.2) is 13.2 Å². The van der Waals surface area contributed by atoms with E-state index in [9.17, 15) is 18.0 Å². The molecule has 178 valence electrons. The molecule has 0 heterocycles. The molecule has 0 bridgehead atoms. The topological polar surface area (TPSA) is 111 Å². The van der Waals surface area contributed by atoms with Crippen LogP contribution in [-0.2, 0) is 14.8 Å². The van der Waals surface area contributed by atoms with Gasteiger partial charge in [-0.15, -0.1) is 0 Å². The summed E-state index contributed by atoms with van der Waals surface area (Å²) in [5.41, 5.74) is 0.664. The second-order valence-electron chi connectivity index (χ2n) is 6.93. The minimum Gasteiger partial charge on any atom is -0.492 e. The summed E-state index contributed by atoms with van der Waals surface area (Å²) < 4.78 is 39.2. The number of carbonyl (C=O) groups is 2. The number of nitrogens with one attached hydrogen (secondary N) is 2. The predicted molar refractivity (Wildman–Crippen MR) is 130 cm³/mol. The Morgan fingerprint density at radius 2 is 1.65 bits per heavy atom. The average molecular weight is 503 g/mol. The number of amides is 1. The van der Waals surface area contributed by atoms with E-state index < -0.39 is 21.9 Å². The van der Waals surface area contributed by atoms with E-state index in [0.717, 1.165) is 0 Å². The third-order valence-electron chi connectivity index (χ3n) is 4.58. The Labute approximate surface area is 202 Å². The first kappa shape index (κ1) is 25.1. The first-order valence-corrected chi connectivity index (χ1v) is 12.2. The predicted octanol–water partition coefficient (Wildman–Crippen LogP) is 5.34. The van der Waals surface area contributed by atoms with Crippen LogP contribution < -0.4 is 14.8 Å². The zero-order valence-corrected chi connectivity index (χ0v) is 20.1. The quantitative estimate of drug-likeness (QED) is 0.382. The number of hydrogen-bond donors (Lipinski definition) is 2. The van der Waals surface area contributed by atoms with Gasteiger partial charge in [0.2, 0.25) is 0 Å². The molecule has 0 spiro atoms. The summed E-state index contributed by atoms with van der Waals surface area (Å²) in [6.07, 6.45) is -0.751. The lowest BCUT2D eigenvalue weighted by atomic mass is 10.0. The maximum absolute atomic E-state index is 13.2. The monoisotopic (exact) mass is 502 g/mol. The fourth-order valence-corrected chi connectivity index (χ4v) is 4.35. The van der Waals surface area contributed by atoms with E-state index in [1.807, 2.05) is 0 Å². The van der Waals surface area contributed by atoms with Crippen molar-refractivity contribution in [3.05, 3.63) is 82.9 Å². The van der Waals surface area contributed by atoms with Crippen molar-refractivity contribution in [3.8, 4) is 5.75 Å². The Kier molecular flexibility index (Phi) is 8.14. The molecule has 2 N–H and O–H groups in total. The fraction of sp³-hybridized carbons (Fsp3) is 0.167. The normalized spacial score (nSPS) is 10.9. The lowest BCUT2D eigenvalue weighted by molar-refractivity contribution is 0.103. The summed E-state index contributed by atoms with van der Waals surface area (Å²) in [6.45, 7) is 3.85. The Hall–Kier alpha value is -3.56. The van der Waals surface area contributed by atoms with Gasteiger partial charge in [-0.1, -0.05) is 41.9 Å². The molecule has 0 aromatic heterocycles. The molecule has 0 aliphatic heterocycles. The molecule has 0 aliphatic rings. The molecule has 3 rings (SSSR count). The van der Waals surface area contributed by atoms with E-state index >= 15 is 0 Å². The van der Waals surface area contributed by atoms with E-state index in [-0.39, 0.29) is 39.2 Å². The number of ketones is 1. The molecular formula is C24H23ClN2O6S. The summed E-state index contributed by atoms with van der Waals surface area (Å²) in [5, 5.41) is 2.76. The van der Waals surface area contributed by atoms with E-state index in [2.05, 4.69) is 10.0 Å². The minimum absolute atomic E-state index is 0.0621. The minimum atomic E-state index is -4.16. The lowest BCUT2D eigenvalue weighted by Crippen LogP contribution is -2.18. The van der Waals surface area contributed by atoms with E-state index in [4.69, 9.17) is 21.1 Å². The number of sulfonamides is 1. The zero-order valence-electron chi connectivity index (χ0n) is 18.5. The second kappa shape index (κ2) is 11.0.